The van der Waals surface area contributed by atoms with E-state index in [0.717, 1.165) is 40.3 Å². The Morgan fingerprint density at radius 2 is 2.03 bits per heavy atom. The minimum atomic E-state index is -0.0905. The molecular weight excluding hydrogens is 390 g/mol. The zero-order chi connectivity index (χ0) is 20.0. The number of nitrogens with one attached hydrogen (secondary N) is 3. The summed E-state index contributed by atoms with van der Waals surface area (Å²) >= 11 is 1.15. The fraction of sp³-hybridized carbons (Fsp3) is 0.263. The van der Waals surface area contributed by atoms with E-state index in [1.165, 1.54) is 6.33 Å². The monoisotopic (exact) mass is 409 g/mol. The molecule has 0 unspecified atom stereocenters. The highest BCUT2D eigenvalue weighted by Gasteiger charge is 2.24. The second-order valence-corrected chi connectivity index (χ2v) is 8.11. The van der Waals surface area contributed by atoms with Crippen LogP contribution in [0.2, 0.25) is 0 Å². The van der Waals surface area contributed by atoms with Crippen molar-refractivity contribution in [2.75, 3.05) is 38.5 Å². The van der Waals surface area contributed by atoms with Gasteiger partial charge in [-0.1, -0.05) is 11.3 Å². The summed E-state index contributed by atoms with van der Waals surface area (Å²) in [6.07, 6.45) is 3.16. The molecule has 4 heterocycles. The number of anilines is 2. The third-order valence-corrected chi connectivity index (χ3v) is 6.02. The van der Waals surface area contributed by atoms with Gasteiger partial charge in [-0.25, -0.2) is 9.97 Å². The van der Waals surface area contributed by atoms with Crippen molar-refractivity contribution in [1.82, 2.24) is 29.7 Å². The normalized spacial score (nSPS) is 15.3. The van der Waals surface area contributed by atoms with Gasteiger partial charge in [0.05, 0.1) is 21.2 Å². The number of piperazine rings is 1. The van der Waals surface area contributed by atoms with Crippen LogP contribution in [0.5, 0.6) is 0 Å². The molecule has 0 radical (unpaired) electrons. The van der Waals surface area contributed by atoms with E-state index in [4.69, 9.17) is 0 Å². The predicted molar refractivity (Wildman–Crippen MR) is 113 cm³/mol. The summed E-state index contributed by atoms with van der Waals surface area (Å²) in [5.74, 6) is 0.525. The molecule has 0 aliphatic carbocycles. The van der Waals surface area contributed by atoms with Crippen LogP contribution >= 0.6 is 11.3 Å². The summed E-state index contributed by atoms with van der Waals surface area (Å²) < 4.78 is 0.855. The lowest BCUT2D eigenvalue weighted by Crippen LogP contribution is -2.47. The van der Waals surface area contributed by atoms with Gasteiger partial charge in [0.25, 0.3) is 5.91 Å². The van der Waals surface area contributed by atoms with Gasteiger partial charge in [0.2, 0.25) is 0 Å². The van der Waals surface area contributed by atoms with Crippen LogP contribution in [0.25, 0.3) is 21.3 Å². The Bertz CT molecular complexity index is 1270. The molecule has 0 saturated carbocycles. The number of hydrogen-bond donors (Lipinski definition) is 3. The summed E-state index contributed by atoms with van der Waals surface area (Å²) in [5, 5.41) is 3.95. The van der Waals surface area contributed by atoms with E-state index < -0.39 is 0 Å². The molecule has 0 bridgehead atoms. The lowest BCUT2D eigenvalue weighted by atomic mass is 10.2. The SMILES string of the molecule is CN1CCN(C(=O)c2c[nH]c3ncnc(Nc4ccc5[nH]c(=O)sc5c4)c23)CC1. The Labute approximate surface area is 169 Å². The Kier molecular flexibility index (Phi) is 4.29. The number of nitrogens with zero attached hydrogens (tertiary/aromatic N) is 4. The number of carbonyl (C=O) groups is 1. The zero-order valence-corrected chi connectivity index (χ0v) is 16.5. The van der Waals surface area contributed by atoms with Crippen molar-refractivity contribution >= 4 is 50.0 Å². The minimum absolute atomic E-state index is 0.0264. The van der Waals surface area contributed by atoms with Crippen molar-refractivity contribution in [3.05, 3.63) is 46.0 Å². The molecule has 4 aromatic rings. The average molecular weight is 409 g/mol. The highest BCUT2D eigenvalue weighted by Crippen LogP contribution is 2.29. The number of aromatic amines is 2. The molecule has 1 aromatic carbocycles. The quantitative estimate of drug-likeness (QED) is 0.477. The lowest BCUT2D eigenvalue weighted by molar-refractivity contribution is 0.0666. The first kappa shape index (κ1) is 17.8. The van der Waals surface area contributed by atoms with E-state index >= 15 is 0 Å². The maximum atomic E-state index is 13.1. The van der Waals surface area contributed by atoms with Crippen LogP contribution in [0.4, 0.5) is 11.5 Å². The molecule has 3 N–H and O–H groups in total. The molecule has 0 spiro atoms. The van der Waals surface area contributed by atoms with Crippen LogP contribution in [0, 0.1) is 0 Å². The predicted octanol–water partition coefficient (Wildman–Crippen LogP) is 1.99. The maximum Gasteiger partial charge on any atom is 0.305 e. The third kappa shape index (κ3) is 3.26. The minimum Gasteiger partial charge on any atom is -0.345 e. The van der Waals surface area contributed by atoms with Crippen molar-refractivity contribution in [3.8, 4) is 0 Å². The molecule has 1 aliphatic heterocycles. The summed E-state index contributed by atoms with van der Waals surface area (Å²) in [6.45, 7) is 3.10. The number of thiazole rings is 1. The van der Waals surface area contributed by atoms with Crippen LogP contribution in [0.15, 0.2) is 35.5 Å². The second kappa shape index (κ2) is 6.98. The number of benzene rings is 1. The molecule has 0 atom stereocenters. The van der Waals surface area contributed by atoms with Gasteiger partial charge in [0, 0.05) is 38.1 Å². The summed E-state index contributed by atoms with van der Waals surface area (Å²) in [6, 6.07) is 5.61. The van der Waals surface area contributed by atoms with Crippen LogP contribution in [-0.4, -0.2) is 68.9 Å². The molecule has 1 amide bonds. The number of carbonyl (C=O) groups excluding carboxylic acids is 1. The Balaban J connectivity index is 1.51. The first-order valence-electron chi connectivity index (χ1n) is 9.28. The molecular formula is C19H19N7O2S. The summed E-state index contributed by atoms with van der Waals surface area (Å²) in [5.41, 5.74) is 2.74. The molecule has 10 heteroatoms. The van der Waals surface area contributed by atoms with Crippen LogP contribution in [0.1, 0.15) is 10.4 Å². The number of fused-ring (bicyclic) bond motifs is 2. The standard InChI is InChI=1S/C19H19N7O2S/c1-25-4-6-26(7-5-25)18(27)12-9-20-16-15(12)17(22-10-21-16)23-11-2-3-13-14(8-11)29-19(28)24-13/h2-3,8-10H,4-7H2,1H3,(H,24,28)(H2,20,21,22,23). The zero-order valence-electron chi connectivity index (χ0n) is 15.7. The molecule has 1 aliphatic rings. The van der Waals surface area contributed by atoms with E-state index in [9.17, 15) is 9.59 Å². The Morgan fingerprint density at radius 3 is 2.86 bits per heavy atom. The van der Waals surface area contributed by atoms with Crippen LogP contribution in [0.3, 0.4) is 0 Å². The van der Waals surface area contributed by atoms with Crippen molar-refractivity contribution in [2.24, 2.45) is 0 Å². The van der Waals surface area contributed by atoms with Gasteiger partial charge in [0.1, 0.15) is 17.8 Å². The number of hydrogen-bond acceptors (Lipinski definition) is 7. The van der Waals surface area contributed by atoms with Crippen molar-refractivity contribution in [3.63, 3.8) is 0 Å². The molecule has 29 heavy (non-hydrogen) atoms. The molecule has 5 rings (SSSR count). The topological polar surface area (TPSA) is 110 Å². The summed E-state index contributed by atoms with van der Waals surface area (Å²) in [7, 11) is 2.06. The van der Waals surface area contributed by atoms with Crippen molar-refractivity contribution in [2.45, 2.75) is 0 Å². The van der Waals surface area contributed by atoms with Crippen LogP contribution in [-0.2, 0) is 0 Å². The number of rotatable bonds is 3. The van der Waals surface area contributed by atoms with Gasteiger partial charge < -0.3 is 25.1 Å². The van der Waals surface area contributed by atoms with Gasteiger partial charge in [-0.3, -0.25) is 9.59 Å². The maximum absolute atomic E-state index is 13.1. The smallest absolute Gasteiger partial charge is 0.305 e. The summed E-state index contributed by atoms with van der Waals surface area (Å²) in [4.78, 5) is 43.2. The van der Waals surface area contributed by atoms with Gasteiger partial charge in [-0.05, 0) is 25.2 Å². The average Bonchev–Trinajstić information content (AvgIpc) is 3.31. The molecule has 148 valence electrons. The van der Waals surface area contributed by atoms with Crippen LogP contribution < -0.4 is 10.2 Å². The van der Waals surface area contributed by atoms with E-state index in [1.807, 2.05) is 23.1 Å². The number of H-pyrrole nitrogens is 2. The van der Waals surface area contributed by atoms with Crippen molar-refractivity contribution in [1.29, 1.82) is 0 Å². The van der Waals surface area contributed by atoms with Gasteiger partial charge in [0.15, 0.2) is 0 Å². The number of amides is 1. The van der Waals surface area contributed by atoms with Gasteiger partial charge in [-0.2, -0.15) is 0 Å². The third-order valence-electron chi connectivity index (χ3n) is 5.17. The van der Waals surface area contributed by atoms with Gasteiger partial charge in [-0.15, -0.1) is 0 Å². The number of aromatic nitrogens is 4. The van der Waals surface area contributed by atoms with E-state index in [1.54, 1.807) is 6.20 Å². The highest BCUT2D eigenvalue weighted by molar-refractivity contribution is 7.16. The molecule has 9 nitrogen and oxygen atoms in total. The van der Waals surface area contributed by atoms with Crippen molar-refractivity contribution < 1.29 is 4.79 Å². The Morgan fingerprint density at radius 1 is 1.21 bits per heavy atom. The second-order valence-electron chi connectivity index (χ2n) is 7.09. The fourth-order valence-corrected chi connectivity index (χ4v) is 4.34. The Hall–Kier alpha value is -3.24. The fourth-order valence-electron chi connectivity index (χ4n) is 3.57. The molecule has 3 aromatic heterocycles. The molecule has 1 fully saturated rings. The highest BCUT2D eigenvalue weighted by atomic mass is 32.1. The van der Waals surface area contributed by atoms with E-state index in [2.05, 4.69) is 37.2 Å². The first-order valence-corrected chi connectivity index (χ1v) is 10.1. The number of likely N-dealkylation sites (N-methyl/N-ethyl adjacent to an activating group) is 1. The van der Waals surface area contributed by atoms with E-state index in [0.29, 0.717) is 35.5 Å². The van der Waals surface area contributed by atoms with Gasteiger partial charge >= 0.3 is 4.87 Å². The van der Waals surface area contributed by atoms with E-state index in [-0.39, 0.29) is 10.8 Å². The lowest BCUT2D eigenvalue weighted by Gasteiger charge is -2.32. The first-order chi connectivity index (χ1) is 14.1. The largest absolute Gasteiger partial charge is 0.345 e. The molecule has 1 saturated heterocycles.